The molecule has 1 heterocycles. The number of aliphatic carboxylic acids is 1. The second kappa shape index (κ2) is 15.7. The molecule has 0 unspecified atom stereocenters. The Hall–Kier alpha value is -3.17. The van der Waals surface area contributed by atoms with Gasteiger partial charge in [0.15, 0.2) is 0 Å². The molecule has 4 atom stereocenters. The minimum absolute atomic E-state index is 0.0576. The number of nitrogens with two attached hydrogens (primary N) is 2. The lowest BCUT2D eigenvalue weighted by molar-refractivity contribution is -0.145. The molecule has 1 saturated heterocycles. The zero-order chi connectivity index (χ0) is 30.7. The number of hydrogen-bond donors (Lipinski definition) is 7. The third-order valence-electron chi connectivity index (χ3n) is 6.30. The second-order valence-electron chi connectivity index (χ2n) is 9.47. The average molecular weight is 618 g/mol. The highest BCUT2D eigenvalue weighted by molar-refractivity contribution is 7.98. The number of amides is 4. The van der Waals surface area contributed by atoms with Crippen LogP contribution in [0.1, 0.15) is 37.7 Å². The predicted molar refractivity (Wildman–Crippen MR) is 148 cm³/mol. The number of benzene rings is 1. The molecular weight excluding hydrogens is 581 g/mol. The van der Waals surface area contributed by atoms with Crippen LogP contribution in [0.2, 0.25) is 0 Å². The topological polar surface area (TPSA) is 252 Å². The van der Waals surface area contributed by atoms with E-state index in [1.807, 2.05) is 6.26 Å². The van der Waals surface area contributed by atoms with Gasteiger partial charge in [-0.15, -0.1) is 0 Å². The Balaban J connectivity index is 2.07. The second-order valence-corrected chi connectivity index (χ2v) is 11.6. The highest BCUT2D eigenvalue weighted by Crippen LogP contribution is 2.37. The van der Waals surface area contributed by atoms with Crippen LogP contribution in [0.3, 0.4) is 0 Å². The van der Waals surface area contributed by atoms with Crippen LogP contribution in [-0.2, 0) is 35.0 Å². The molecule has 17 heteroatoms. The van der Waals surface area contributed by atoms with E-state index in [9.17, 15) is 33.6 Å². The van der Waals surface area contributed by atoms with E-state index in [1.165, 1.54) is 40.9 Å². The Morgan fingerprint density at radius 3 is 2.34 bits per heavy atom. The summed E-state index contributed by atoms with van der Waals surface area (Å²) >= 11 is 1.46. The largest absolute Gasteiger partial charge is 0.524 e. The molecule has 0 bridgehead atoms. The van der Waals surface area contributed by atoms with Gasteiger partial charge in [-0.05, 0) is 61.8 Å². The highest BCUT2D eigenvalue weighted by atomic mass is 32.2. The molecule has 9 N–H and O–H groups in total. The van der Waals surface area contributed by atoms with Crippen molar-refractivity contribution in [3.05, 3.63) is 29.8 Å². The van der Waals surface area contributed by atoms with Gasteiger partial charge in [-0.1, -0.05) is 12.1 Å². The van der Waals surface area contributed by atoms with Crippen molar-refractivity contribution in [1.82, 2.24) is 15.5 Å². The first-order valence-electron chi connectivity index (χ1n) is 12.7. The molecule has 15 nitrogen and oxygen atoms in total. The van der Waals surface area contributed by atoms with E-state index in [-0.39, 0.29) is 38.0 Å². The number of thioether (sulfide) groups is 1. The quantitative estimate of drug-likeness (QED) is 0.111. The Morgan fingerprint density at radius 2 is 1.78 bits per heavy atom. The van der Waals surface area contributed by atoms with Gasteiger partial charge in [0.2, 0.25) is 23.6 Å². The van der Waals surface area contributed by atoms with Gasteiger partial charge in [-0.2, -0.15) is 11.8 Å². The first kappa shape index (κ1) is 34.0. The maximum atomic E-state index is 13.5. The summed E-state index contributed by atoms with van der Waals surface area (Å²) in [6.45, 7) is 0.233. The molecule has 1 aliphatic heterocycles. The van der Waals surface area contributed by atoms with Crippen molar-refractivity contribution in [3.63, 3.8) is 0 Å². The van der Waals surface area contributed by atoms with E-state index in [1.54, 1.807) is 0 Å². The molecule has 41 heavy (non-hydrogen) atoms. The number of rotatable bonds is 16. The summed E-state index contributed by atoms with van der Waals surface area (Å²) in [5.74, 6) is -3.37. The van der Waals surface area contributed by atoms with Crippen LogP contribution >= 0.6 is 19.6 Å². The molecule has 0 aliphatic carbocycles. The molecule has 0 saturated carbocycles. The van der Waals surface area contributed by atoms with E-state index < -0.39 is 61.6 Å². The van der Waals surface area contributed by atoms with Crippen molar-refractivity contribution in [3.8, 4) is 5.75 Å². The highest BCUT2D eigenvalue weighted by Gasteiger charge is 2.39. The lowest BCUT2D eigenvalue weighted by atomic mass is 10.0. The summed E-state index contributed by atoms with van der Waals surface area (Å²) in [4.78, 5) is 81.1. The van der Waals surface area contributed by atoms with E-state index >= 15 is 0 Å². The van der Waals surface area contributed by atoms with Crippen LogP contribution < -0.4 is 26.6 Å². The molecule has 4 amide bonds. The fraction of sp³-hybridized carbons (Fsp3) is 0.542. The molecular formula is C24H36N5O10PS. The number of hydrogen-bond acceptors (Lipinski definition) is 9. The summed E-state index contributed by atoms with van der Waals surface area (Å²) in [5, 5.41) is 14.5. The van der Waals surface area contributed by atoms with Crippen LogP contribution in [0.5, 0.6) is 5.75 Å². The zero-order valence-corrected chi connectivity index (χ0v) is 24.1. The Morgan fingerprint density at radius 1 is 1.12 bits per heavy atom. The molecule has 228 valence electrons. The van der Waals surface area contributed by atoms with Crippen LogP contribution in [0.25, 0.3) is 0 Å². The number of nitrogens with zero attached hydrogens (tertiary/aromatic N) is 1. The number of likely N-dealkylation sites (tertiary alicyclic amines) is 1. The Kier molecular flexibility index (Phi) is 13.1. The van der Waals surface area contributed by atoms with Crippen LogP contribution in [0.15, 0.2) is 24.3 Å². The monoisotopic (exact) mass is 617 g/mol. The number of phosphoric acid groups is 1. The fourth-order valence-corrected chi connectivity index (χ4v) is 5.13. The van der Waals surface area contributed by atoms with Crippen molar-refractivity contribution in [2.24, 2.45) is 11.5 Å². The SMILES string of the molecule is CSCC[C@H](NC(=O)[C@@H](N)Cc1ccc(OP(=O)(O)O)cc1)C(=O)N1CCC[C@H]1C(=O)N[C@@H](CCC(N)=O)C(=O)O. The number of carboxylic acid groups (broad SMARTS) is 1. The van der Waals surface area contributed by atoms with Gasteiger partial charge >= 0.3 is 13.8 Å². The zero-order valence-electron chi connectivity index (χ0n) is 22.4. The van der Waals surface area contributed by atoms with Gasteiger partial charge in [0.25, 0.3) is 0 Å². The lowest BCUT2D eigenvalue weighted by Crippen LogP contribution is -2.57. The predicted octanol–water partition coefficient (Wildman–Crippen LogP) is -0.908. The number of carbonyl (C=O) groups is 5. The molecule has 1 aromatic carbocycles. The number of carbonyl (C=O) groups excluding carboxylic acids is 4. The van der Waals surface area contributed by atoms with Crippen molar-refractivity contribution < 1.29 is 48.0 Å². The van der Waals surface area contributed by atoms with E-state index in [0.717, 1.165) is 0 Å². The van der Waals surface area contributed by atoms with Crippen LogP contribution in [-0.4, -0.2) is 92.1 Å². The van der Waals surface area contributed by atoms with Crippen LogP contribution in [0.4, 0.5) is 0 Å². The van der Waals surface area contributed by atoms with Crippen molar-refractivity contribution in [1.29, 1.82) is 0 Å². The molecule has 0 radical (unpaired) electrons. The first-order valence-corrected chi connectivity index (χ1v) is 15.6. The summed E-state index contributed by atoms with van der Waals surface area (Å²) < 4.78 is 15.5. The number of phosphoric ester groups is 1. The number of carboxylic acids is 1. The average Bonchev–Trinajstić information content (AvgIpc) is 3.38. The molecule has 1 aromatic rings. The smallest absolute Gasteiger partial charge is 0.480 e. The Labute approximate surface area is 241 Å². The maximum Gasteiger partial charge on any atom is 0.524 e. The summed E-state index contributed by atoms with van der Waals surface area (Å²) in [6.07, 6.45) is 2.51. The summed E-state index contributed by atoms with van der Waals surface area (Å²) in [6, 6.07) is 1.29. The normalized spacial score (nSPS) is 17.3. The van der Waals surface area contributed by atoms with E-state index in [4.69, 9.17) is 21.3 Å². The van der Waals surface area contributed by atoms with E-state index in [2.05, 4.69) is 15.2 Å². The molecule has 1 fully saturated rings. The minimum atomic E-state index is -4.71. The maximum absolute atomic E-state index is 13.5. The van der Waals surface area contributed by atoms with Crippen LogP contribution in [0, 0.1) is 0 Å². The van der Waals surface area contributed by atoms with Gasteiger partial charge in [0, 0.05) is 13.0 Å². The lowest BCUT2D eigenvalue weighted by Gasteiger charge is -2.30. The molecule has 2 rings (SSSR count). The van der Waals surface area contributed by atoms with Gasteiger partial charge in [0.1, 0.15) is 23.9 Å². The summed E-state index contributed by atoms with van der Waals surface area (Å²) in [5.41, 5.74) is 11.7. The van der Waals surface area contributed by atoms with E-state index in [0.29, 0.717) is 24.2 Å². The fourth-order valence-electron chi connectivity index (χ4n) is 4.26. The number of nitrogens with one attached hydrogen (secondary N) is 2. The standard InChI is InChI=1S/C24H36N5O10PS/c1-41-12-10-17(27-21(31)16(25)13-14-4-6-15(7-5-14)39-40(36,37)38)23(33)29-11-2-3-19(29)22(32)28-18(24(34)35)8-9-20(26)30/h4-7,16-19H,2-3,8-13,25H2,1H3,(H2,26,30)(H,27,31)(H,28,32)(H,34,35)(H2,36,37,38)/t16-,17-,18-,19-/m0/s1. The Bertz CT molecular complexity index is 1150. The van der Waals surface area contributed by atoms with Crippen molar-refractivity contribution >= 4 is 49.2 Å². The minimum Gasteiger partial charge on any atom is -0.480 e. The molecule has 1 aliphatic rings. The number of primary amides is 1. The van der Waals surface area contributed by atoms with Crippen molar-refractivity contribution in [2.75, 3.05) is 18.6 Å². The van der Waals surface area contributed by atoms with Gasteiger partial charge in [0.05, 0.1) is 6.04 Å². The van der Waals surface area contributed by atoms with Crippen molar-refractivity contribution in [2.45, 2.75) is 62.7 Å². The van der Waals surface area contributed by atoms with Gasteiger partial charge < -0.3 is 36.6 Å². The van der Waals surface area contributed by atoms with Gasteiger partial charge in [-0.3, -0.25) is 29.0 Å². The third kappa shape index (κ3) is 11.3. The summed E-state index contributed by atoms with van der Waals surface area (Å²) in [7, 11) is -4.71. The molecule has 0 aromatic heterocycles. The van der Waals surface area contributed by atoms with Gasteiger partial charge in [-0.25, -0.2) is 9.36 Å². The third-order valence-corrected chi connectivity index (χ3v) is 7.39. The first-order chi connectivity index (χ1) is 19.2. The molecule has 0 spiro atoms.